The molecule has 0 saturated carbocycles. The number of rotatable bonds is 26. The highest BCUT2D eigenvalue weighted by Gasteiger charge is 2.31. The minimum Gasteiger partial charge on any atom is -0.444 e. The molecule has 3 amide bonds. The molecule has 0 heterocycles. The first-order valence-electron chi connectivity index (χ1n) is 21.4. The molecule has 0 spiro atoms. The van der Waals surface area contributed by atoms with Gasteiger partial charge in [-0.1, -0.05) is 123 Å². The first kappa shape index (κ1) is 53.9. The van der Waals surface area contributed by atoms with Crippen molar-refractivity contribution in [3.8, 4) is 0 Å². The van der Waals surface area contributed by atoms with E-state index in [0.29, 0.717) is 63.3 Å². The molecule has 1 atom stereocenters. The van der Waals surface area contributed by atoms with Gasteiger partial charge in [-0.05, 0) is 86.9 Å². The van der Waals surface area contributed by atoms with Crippen LogP contribution in [0.5, 0.6) is 0 Å². The van der Waals surface area contributed by atoms with Crippen molar-refractivity contribution in [2.24, 2.45) is 43.8 Å². The van der Waals surface area contributed by atoms with Gasteiger partial charge in [-0.15, -0.1) is 0 Å². The highest BCUT2D eigenvalue weighted by molar-refractivity contribution is 5.81. The normalized spacial score (nSPS) is 14.5. The van der Waals surface area contributed by atoms with Crippen LogP contribution < -0.4 is 16.0 Å². The van der Waals surface area contributed by atoms with E-state index in [1.165, 1.54) is 12.8 Å². The first-order chi connectivity index (χ1) is 25.1. The predicted molar refractivity (Wildman–Crippen MR) is 235 cm³/mol. The maximum atomic E-state index is 13.2. The summed E-state index contributed by atoms with van der Waals surface area (Å²) in [5.74, 6) is 0.224. The summed E-state index contributed by atoms with van der Waals surface area (Å²) in [4.78, 5) is 38.1. The molecule has 1 unspecified atom stereocenters. The van der Waals surface area contributed by atoms with E-state index in [2.05, 4.69) is 97.3 Å². The lowest BCUT2D eigenvalue weighted by atomic mass is 9.76. The van der Waals surface area contributed by atoms with Gasteiger partial charge < -0.3 is 30.2 Å². The van der Waals surface area contributed by atoms with Crippen molar-refractivity contribution in [2.45, 2.75) is 182 Å². The second kappa shape index (κ2) is 22.3. The fraction of sp³-hybridized carbons (Fsp3) is 0.894. The van der Waals surface area contributed by atoms with E-state index in [4.69, 9.17) is 14.2 Å². The minimum atomic E-state index is -0.547. The van der Waals surface area contributed by atoms with E-state index in [-0.39, 0.29) is 39.4 Å². The zero-order valence-corrected chi connectivity index (χ0v) is 40.1. The van der Waals surface area contributed by atoms with Gasteiger partial charge >= 0.3 is 6.09 Å². The number of hydrogen-bond acceptors (Lipinski definition) is 6. The van der Waals surface area contributed by atoms with Crippen LogP contribution in [0.25, 0.3) is 0 Å². The molecule has 0 aliphatic rings. The molecule has 330 valence electrons. The van der Waals surface area contributed by atoms with Gasteiger partial charge in [0.2, 0.25) is 11.8 Å². The van der Waals surface area contributed by atoms with Gasteiger partial charge in [0.15, 0.2) is 0 Å². The number of amides is 3. The van der Waals surface area contributed by atoms with Crippen molar-refractivity contribution in [3.05, 3.63) is 12.2 Å². The van der Waals surface area contributed by atoms with Crippen LogP contribution in [-0.2, 0) is 23.8 Å². The van der Waals surface area contributed by atoms with Gasteiger partial charge in [0.1, 0.15) is 5.60 Å². The third-order valence-electron chi connectivity index (χ3n) is 10.1. The van der Waals surface area contributed by atoms with Crippen molar-refractivity contribution < 1.29 is 28.6 Å². The Kier molecular flexibility index (Phi) is 21.5. The third kappa shape index (κ3) is 28.3. The molecule has 0 radical (unpaired) electrons. The summed E-state index contributed by atoms with van der Waals surface area (Å²) in [7, 11) is 0. The van der Waals surface area contributed by atoms with Gasteiger partial charge in [-0.3, -0.25) is 9.59 Å². The summed E-state index contributed by atoms with van der Waals surface area (Å²) in [6.45, 7) is 43.6. The summed E-state index contributed by atoms with van der Waals surface area (Å²) in [6, 6.07) is 0. The Hall–Kier alpha value is -2.13. The number of alkyl carbamates (subject to hydrolysis) is 1. The highest BCUT2D eigenvalue weighted by Crippen LogP contribution is 2.36. The van der Waals surface area contributed by atoms with E-state index >= 15 is 0 Å². The molecule has 0 aromatic carbocycles. The van der Waals surface area contributed by atoms with Crippen molar-refractivity contribution in [3.63, 3.8) is 0 Å². The number of ether oxygens (including phenoxy) is 3. The Bertz CT molecular complexity index is 1220. The SMILES string of the molecule is CC(CNC(=O)C(C)(C)CCC(C)(C)C/C=C\CC(C)(C)CCC(C)(C)C)COCC(C)(C)CNC(=O)CC(C)(C)COCC(C)(C)CNC(=O)OC(C)(C)C. The Morgan fingerprint density at radius 3 is 1.52 bits per heavy atom. The number of carbonyl (C=O) groups excluding carboxylic acids is 3. The fourth-order valence-corrected chi connectivity index (χ4v) is 5.81. The second-order valence-corrected chi connectivity index (χ2v) is 23.8. The summed E-state index contributed by atoms with van der Waals surface area (Å²) >= 11 is 0. The molecule has 9 nitrogen and oxygen atoms in total. The van der Waals surface area contributed by atoms with Gasteiger partial charge in [0.25, 0.3) is 0 Å². The van der Waals surface area contributed by atoms with Crippen LogP contribution >= 0.6 is 0 Å². The van der Waals surface area contributed by atoms with Crippen LogP contribution in [0.15, 0.2) is 12.2 Å². The van der Waals surface area contributed by atoms with E-state index in [9.17, 15) is 14.4 Å². The summed E-state index contributed by atoms with van der Waals surface area (Å²) in [5.41, 5.74) is -1.09. The number of nitrogens with one attached hydrogen (secondary N) is 3. The van der Waals surface area contributed by atoms with Crippen LogP contribution in [0, 0.1) is 43.8 Å². The summed E-state index contributed by atoms with van der Waals surface area (Å²) < 4.78 is 17.4. The molecule has 0 aliphatic carbocycles. The standard InChI is InChI=1S/C47H91N3O6/c1-36(29-48-38(52)47(18,19)27-26-43(10,11)23-21-20-22-42(8,9)25-24-40(2,3)4)30-54-34-45(14,15)31-49-37(51)28-44(12,13)33-55-35-46(16,17)32-50-39(53)56-41(5,6)7/h20-21,36H,22-35H2,1-19H3,(H,48,52)(H,49,51)(H,50,53)/b21-20-. The monoisotopic (exact) mass is 794 g/mol. The van der Waals surface area contributed by atoms with Crippen molar-refractivity contribution in [2.75, 3.05) is 46.1 Å². The van der Waals surface area contributed by atoms with Crippen LogP contribution in [0.1, 0.15) is 176 Å². The Morgan fingerprint density at radius 1 is 0.554 bits per heavy atom. The van der Waals surface area contributed by atoms with E-state index < -0.39 is 17.1 Å². The average Bonchev–Trinajstić information content (AvgIpc) is 3.00. The predicted octanol–water partition coefficient (Wildman–Crippen LogP) is 10.9. The van der Waals surface area contributed by atoms with E-state index in [1.54, 1.807) is 0 Å². The zero-order chi connectivity index (χ0) is 43.9. The maximum absolute atomic E-state index is 13.2. The van der Waals surface area contributed by atoms with Gasteiger partial charge in [-0.25, -0.2) is 4.79 Å². The molecule has 0 aliphatic heterocycles. The van der Waals surface area contributed by atoms with Crippen LogP contribution in [0.4, 0.5) is 4.79 Å². The lowest BCUT2D eigenvalue weighted by molar-refractivity contribution is -0.130. The molecule has 0 rings (SSSR count). The van der Waals surface area contributed by atoms with Crippen LogP contribution in [-0.4, -0.2) is 69.6 Å². The topological polar surface area (TPSA) is 115 Å². The van der Waals surface area contributed by atoms with Crippen molar-refractivity contribution >= 4 is 17.9 Å². The molecule has 0 fully saturated rings. The molecule has 3 N–H and O–H groups in total. The Labute approximate surface area is 345 Å². The van der Waals surface area contributed by atoms with Gasteiger partial charge in [-0.2, -0.15) is 0 Å². The number of carbonyl (C=O) groups is 3. The van der Waals surface area contributed by atoms with Crippen molar-refractivity contribution in [1.29, 1.82) is 0 Å². The van der Waals surface area contributed by atoms with E-state index in [1.807, 2.05) is 62.3 Å². The number of allylic oxidation sites excluding steroid dienone is 2. The molecule has 56 heavy (non-hydrogen) atoms. The fourth-order valence-electron chi connectivity index (χ4n) is 5.81. The third-order valence-corrected chi connectivity index (χ3v) is 10.1. The summed E-state index contributed by atoms with van der Waals surface area (Å²) in [5, 5.41) is 9.08. The van der Waals surface area contributed by atoms with Gasteiger partial charge in [0, 0.05) is 42.3 Å². The Balaban J connectivity index is 4.54. The molecule has 0 aromatic rings. The quantitative estimate of drug-likeness (QED) is 0.0751. The zero-order valence-electron chi connectivity index (χ0n) is 40.1. The second-order valence-electron chi connectivity index (χ2n) is 23.8. The first-order valence-corrected chi connectivity index (χ1v) is 21.4. The Morgan fingerprint density at radius 2 is 1.02 bits per heavy atom. The average molecular weight is 794 g/mol. The van der Waals surface area contributed by atoms with Crippen LogP contribution in [0.3, 0.4) is 0 Å². The lowest BCUT2D eigenvalue weighted by Crippen LogP contribution is -2.41. The van der Waals surface area contributed by atoms with Gasteiger partial charge in [0.05, 0.1) is 26.4 Å². The smallest absolute Gasteiger partial charge is 0.407 e. The minimum absolute atomic E-state index is 0.0258. The molecule has 9 heteroatoms. The number of hydrogen-bond donors (Lipinski definition) is 3. The van der Waals surface area contributed by atoms with Crippen LogP contribution in [0.2, 0.25) is 0 Å². The molecular formula is C47H91N3O6. The molecular weight excluding hydrogens is 703 g/mol. The van der Waals surface area contributed by atoms with E-state index in [0.717, 1.165) is 25.7 Å². The largest absolute Gasteiger partial charge is 0.444 e. The maximum Gasteiger partial charge on any atom is 0.407 e. The lowest BCUT2D eigenvalue weighted by Gasteiger charge is -2.31. The molecule has 0 saturated heterocycles. The molecule has 0 bridgehead atoms. The highest BCUT2D eigenvalue weighted by atomic mass is 16.6. The summed E-state index contributed by atoms with van der Waals surface area (Å²) in [6.07, 6.45) is 11.0. The molecule has 0 aromatic heterocycles. The van der Waals surface area contributed by atoms with Crippen molar-refractivity contribution in [1.82, 2.24) is 16.0 Å².